The Bertz CT molecular complexity index is 574. The Kier molecular flexibility index (Phi) is 5.56. The van der Waals surface area contributed by atoms with Crippen molar-refractivity contribution in [2.45, 2.75) is 19.4 Å². The Balaban J connectivity index is 2.10. The van der Waals surface area contributed by atoms with Crippen molar-refractivity contribution in [2.75, 3.05) is 6.54 Å². The van der Waals surface area contributed by atoms with Gasteiger partial charge in [-0.2, -0.15) is 0 Å². The quantitative estimate of drug-likeness (QED) is 0.862. The van der Waals surface area contributed by atoms with E-state index < -0.39 is 0 Å². The zero-order valence-electron chi connectivity index (χ0n) is 11.1. The Morgan fingerprint density at radius 3 is 2.65 bits per heavy atom. The number of benzene rings is 2. The topological polar surface area (TPSA) is 35.2 Å². The maximum Gasteiger partial charge on any atom is 0.129 e. The molecule has 20 heavy (non-hydrogen) atoms. The maximum atomic E-state index is 13.6. The van der Waals surface area contributed by atoms with E-state index in [4.69, 9.17) is 10.5 Å². The van der Waals surface area contributed by atoms with Gasteiger partial charge in [0.15, 0.2) is 0 Å². The van der Waals surface area contributed by atoms with Gasteiger partial charge in [-0.05, 0) is 49.2 Å². The van der Waals surface area contributed by atoms with Crippen molar-refractivity contribution in [3.05, 3.63) is 63.9 Å². The lowest BCUT2D eigenvalue weighted by Gasteiger charge is -2.12. The van der Waals surface area contributed by atoms with Gasteiger partial charge in [0.05, 0.1) is 0 Å². The third-order valence-corrected chi connectivity index (χ3v) is 3.51. The summed E-state index contributed by atoms with van der Waals surface area (Å²) in [6.07, 6.45) is 1.75. The Hall–Kier alpha value is -1.39. The van der Waals surface area contributed by atoms with Crippen molar-refractivity contribution < 1.29 is 9.13 Å². The van der Waals surface area contributed by atoms with Gasteiger partial charge in [-0.3, -0.25) is 0 Å². The molecule has 0 radical (unpaired) electrons. The highest BCUT2D eigenvalue weighted by atomic mass is 79.9. The minimum atomic E-state index is -0.242. The lowest BCUT2D eigenvalue weighted by Crippen LogP contribution is -2.04. The predicted molar refractivity (Wildman–Crippen MR) is 82.2 cm³/mol. The highest BCUT2D eigenvalue weighted by Gasteiger charge is 2.07. The SMILES string of the molecule is NCCCc1cc(Br)ccc1OCc1ccccc1F. The van der Waals surface area contributed by atoms with Crippen LogP contribution in [0.1, 0.15) is 17.5 Å². The minimum absolute atomic E-state index is 0.226. The third kappa shape index (κ3) is 4.05. The molecule has 0 aliphatic heterocycles. The van der Waals surface area contributed by atoms with E-state index in [0.717, 1.165) is 28.6 Å². The molecule has 0 fully saturated rings. The molecule has 0 saturated carbocycles. The molecule has 4 heteroatoms. The van der Waals surface area contributed by atoms with Gasteiger partial charge in [0.2, 0.25) is 0 Å². The standard InChI is InChI=1S/C16H17BrFNO/c17-14-7-8-16(12(10-14)5-3-9-19)20-11-13-4-1-2-6-15(13)18/h1-2,4,6-8,10H,3,5,9,11,19H2. The van der Waals surface area contributed by atoms with Crippen molar-refractivity contribution in [1.29, 1.82) is 0 Å². The van der Waals surface area contributed by atoms with Crippen LogP contribution in [-0.4, -0.2) is 6.54 Å². The molecule has 0 bridgehead atoms. The van der Waals surface area contributed by atoms with Crippen LogP contribution >= 0.6 is 15.9 Å². The Morgan fingerprint density at radius 1 is 1.10 bits per heavy atom. The maximum absolute atomic E-state index is 13.6. The molecule has 2 aromatic rings. The average Bonchev–Trinajstić information content (AvgIpc) is 2.45. The van der Waals surface area contributed by atoms with E-state index in [9.17, 15) is 4.39 Å². The monoisotopic (exact) mass is 337 g/mol. The van der Waals surface area contributed by atoms with Gasteiger partial charge in [-0.15, -0.1) is 0 Å². The van der Waals surface area contributed by atoms with E-state index in [2.05, 4.69) is 15.9 Å². The van der Waals surface area contributed by atoms with E-state index >= 15 is 0 Å². The van der Waals surface area contributed by atoms with E-state index in [0.29, 0.717) is 12.1 Å². The van der Waals surface area contributed by atoms with Gasteiger partial charge in [0.1, 0.15) is 18.2 Å². The first-order valence-electron chi connectivity index (χ1n) is 6.55. The molecule has 0 aliphatic rings. The molecule has 0 spiro atoms. The molecule has 2 rings (SSSR count). The van der Waals surface area contributed by atoms with Gasteiger partial charge in [0.25, 0.3) is 0 Å². The summed E-state index contributed by atoms with van der Waals surface area (Å²) in [5.41, 5.74) is 7.19. The molecule has 0 aliphatic carbocycles. The second-order valence-corrected chi connectivity index (χ2v) is 5.44. The van der Waals surface area contributed by atoms with Crippen LogP contribution in [0.5, 0.6) is 5.75 Å². The number of aryl methyl sites for hydroxylation is 1. The average molecular weight is 338 g/mol. The fourth-order valence-electron chi connectivity index (χ4n) is 1.95. The number of nitrogens with two attached hydrogens (primary N) is 1. The van der Waals surface area contributed by atoms with Gasteiger partial charge < -0.3 is 10.5 Å². The number of ether oxygens (including phenoxy) is 1. The van der Waals surface area contributed by atoms with Crippen molar-refractivity contribution >= 4 is 15.9 Å². The first kappa shape index (κ1) is 15.0. The molecule has 2 nitrogen and oxygen atoms in total. The van der Waals surface area contributed by atoms with Crippen molar-refractivity contribution in [3.8, 4) is 5.75 Å². The normalized spacial score (nSPS) is 10.6. The summed E-state index contributed by atoms with van der Waals surface area (Å²) in [4.78, 5) is 0. The first-order valence-corrected chi connectivity index (χ1v) is 7.34. The highest BCUT2D eigenvalue weighted by Crippen LogP contribution is 2.25. The third-order valence-electron chi connectivity index (χ3n) is 3.01. The van der Waals surface area contributed by atoms with Crippen LogP contribution in [0.3, 0.4) is 0 Å². The van der Waals surface area contributed by atoms with Crippen LogP contribution < -0.4 is 10.5 Å². The van der Waals surface area contributed by atoms with Crippen molar-refractivity contribution in [2.24, 2.45) is 5.73 Å². The molecule has 106 valence electrons. The Labute approximate surface area is 126 Å². The smallest absolute Gasteiger partial charge is 0.129 e. The zero-order chi connectivity index (χ0) is 14.4. The van der Waals surface area contributed by atoms with E-state index in [1.165, 1.54) is 6.07 Å². The van der Waals surface area contributed by atoms with Crippen molar-refractivity contribution in [1.82, 2.24) is 0 Å². The molecule has 0 aromatic heterocycles. The van der Waals surface area contributed by atoms with Crippen LogP contribution in [0.4, 0.5) is 4.39 Å². The van der Waals surface area contributed by atoms with E-state index in [1.54, 1.807) is 18.2 Å². The molecular weight excluding hydrogens is 321 g/mol. The molecular formula is C16H17BrFNO. The summed E-state index contributed by atoms with van der Waals surface area (Å²) in [7, 11) is 0. The lowest BCUT2D eigenvalue weighted by atomic mass is 10.1. The van der Waals surface area contributed by atoms with Crippen molar-refractivity contribution in [3.63, 3.8) is 0 Å². The zero-order valence-corrected chi connectivity index (χ0v) is 12.7. The fourth-order valence-corrected chi connectivity index (χ4v) is 2.36. The van der Waals surface area contributed by atoms with Gasteiger partial charge in [0, 0.05) is 10.0 Å². The van der Waals surface area contributed by atoms with Crippen LogP contribution in [-0.2, 0) is 13.0 Å². The second kappa shape index (κ2) is 7.41. The summed E-state index contributed by atoms with van der Waals surface area (Å²) in [5.74, 6) is 0.540. The molecule has 0 unspecified atom stereocenters. The van der Waals surface area contributed by atoms with Crippen LogP contribution in [0.2, 0.25) is 0 Å². The molecule has 2 aromatic carbocycles. The number of halogens is 2. The molecule has 2 N–H and O–H groups in total. The summed E-state index contributed by atoms with van der Waals surface area (Å²) in [5, 5.41) is 0. The molecule has 0 atom stereocenters. The second-order valence-electron chi connectivity index (χ2n) is 4.52. The van der Waals surface area contributed by atoms with E-state index in [1.807, 2.05) is 18.2 Å². The molecule has 0 heterocycles. The van der Waals surface area contributed by atoms with Gasteiger partial charge in [-0.1, -0.05) is 34.1 Å². The number of rotatable bonds is 6. The predicted octanol–water partition coefficient (Wildman–Crippen LogP) is 4.06. The number of hydrogen-bond donors (Lipinski definition) is 1. The van der Waals surface area contributed by atoms with Gasteiger partial charge in [-0.25, -0.2) is 4.39 Å². The largest absolute Gasteiger partial charge is 0.489 e. The Morgan fingerprint density at radius 2 is 1.90 bits per heavy atom. The highest BCUT2D eigenvalue weighted by molar-refractivity contribution is 9.10. The minimum Gasteiger partial charge on any atom is -0.489 e. The van der Waals surface area contributed by atoms with E-state index in [-0.39, 0.29) is 12.4 Å². The fraction of sp³-hybridized carbons (Fsp3) is 0.250. The van der Waals surface area contributed by atoms with Crippen LogP contribution in [0.15, 0.2) is 46.9 Å². The summed E-state index contributed by atoms with van der Waals surface area (Å²) >= 11 is 3.45. The summed E-state index contributed by atoms with van der Waals surface area (Å²) in [6, 6.07) is 12.5. The lowest BCUT2D eigenvalue weighted by molar-refractivity contribution is 0.296. The summed E-state index contributed by atoms with van der Waals surface area (Å²) in [6.45, 7) is 0.864. The van der Waals surface area contributed by atoms with Crippen LogP contribution in [0, 0.1) is 5.82 Å². The first-order chi connectivity index (χ1) is 9.70. The summed E-state index contributed by atoms with van der Waals surface area (Å²) < 4.78 is 20.3. The molecule has 0 amide bonds. The van der Waals surface area contributed by atoms with Crippen LogP contribution in [0.25, 0.3) is 0 Å². The number of hydrogen-bond acceptors (Lipinski definition) is 2. The molecule has 0 saturated heterocycles. The van der Waals surface area contributed by atoms with Gasteiger partial charge >= 0.3 is 0 Å².